The lowest BCUT2D eigenvalue weighted by atomic mass is 10.2. The maximum Gasteiger partial charge on any atom is 0.247 e. The first-order chi connectivity index (χ1) is 12.5. The van der Waals surface area contributed by atoms with Crippen LogP contribution in [0.15, 0.2) is 42.9 Å². The highest BCUT2D eigenvalue weighted by Crippen LogP contribution is 2.28. The zero-order valence-corrected chi connectivity index (χ0v) is 15.2. The Morgan fingerprint density at radius 1 is 1.08 bits per heavy atom. The Kier molecular flexibility index (Phi) is 3.84. The van der Waals surface area contributed by atoms with Crippen LogP contribution in [0.25, 0.3) is 11.3 Å². The lowest BCUT2D eigenvalue weighted by molar-refractivity contribution is 0.413. The fourth-order valence-corrected chi connectivity index (χ4v) is 3.02. The monoisotopic (exact) mass is 348 g/mol. The van der Waals surface area contributed by atoms with Crippen LogP contribution < -0.4 is 10.1 Å². The van der Waals surface area contributed by atoms with Gasteiger partial charge in [0.05, 0.1) is 24.8 Å². The summed E-state index contributed by atoms with van der Waals surface area (Å²) in [5.74, 6) is 1.29. The van der Waals surface area contributed by atoms with Gasteiger partial charge in [0.1, 0.15) is 5.75 Å². The van der Waals surface area contributed by atoms with Gasteiger partial charge in [-0.3, -0.25) is 0 Å². The first kappa shape index (κ1) is 16.1. The quantitative estimate of drug-likeness (QED) is 0.610. The van der Waals surface area contributed by atoms with Crippen LogP contribution in [0.3, 0.4) is 0 Å². The number of rotatable bonds is 4. The smallest absolute Gasteiger partial charge is 0.247 e. The van der Waals surface area contributed by atoms with Crippen molar-refractivity contribution in [2.24, 2.45) is 0 Å². The number of ether oxygens (including phenoxy) is 1. The summed E-state index contributed by atoms with van der Waals surface area (Å²) in [6.07, 6.45) is 3.73. The van der Waals surface area contributed by atoms with Crippen molar-refractivity contribution in [1.29, 1.82) is 0 Å². The number of aryl methyl sites for hydroxylation is 3. The molecule has 3 heterocycles. The zero-order valence-electron chi connectivity index (χ0n) is 15.2. The van der Waals surface area contributed by atoms with E-state index in [-0.39, 0.29) is 0 Å². The number of nitrogens with one attached hydrogen (secondary N) is 1. The third kappa shape index (κ3) is 2.88. The van der Waals surface area contributed by atoms with E-state index < -0.39 is 0 Å². The van der Waals surface area contributed by atoms with Crippen molar-refractivity contribution in [3.8, 4) is 11.4 Å². The minimum atomic E-state index is 0.548. The van der Waals surface area contributed by atoms with Crippen LogP contribution in [0.2, 0.25) is 0 Å². The lowest BCUT2D eigenvalue weighted by Gasteiger charge is -2.11. The molecule has 7 heteroatoms. The van der Waals surface area contributed by atoms with E-state index in [1.807, 2.05) is 53.4 Å². The molecule has 0 fully saturated rings. The molecule has 0 bridgehead atoms. The van der Waals surface area contributed by atoms with Gasteiger partial charge in [0, 0.05) is 23.6 Å². The summed E-state index contributed by atoms with van der Waals surface area (Å²) in [7, 11) is 1.65. The average Bonchev–Trinajstić information content (AvgIpc) is 3.21. The number of hydrogen-bond acceptors (Lipinski definition) is 5. The van der Waals surface area contributed by atoms with Gasteiger partial charge < -0.3 is 14.6 Å². The van der Waals surface area contributed by atoms with Gasteiger partial charge in [0.2, 0.25) is 5.95 Å². The molecule has 4 aromatic rings. The number of aromatic nitrogens is 5. The van der Waals surface area contributed by atoms with Gasteiger partial charge in [-0.15, -0.1) is 5.10 Å². The average molecular weight is 348 g/mol. The van der Waals surface area contributed by atoms with E-state index in [2.05, 4.69) is 33.4 Å². The molecule has 0 amide bonds. The third-order valence-corrected chi connectivity index (χ3v) is 4.19. The zero-order chi connectivity index (χ0) is 18.3. The predicted octanol–water partition coefficient (Wildman–Crippen LogP) is 3.59. The topological polar surface area (TPSA) is 69.3 Å². The fraction of sp³-hybridized carbons (Fsp3) is 0.211. The van der Waals surface area contributed by atoms with Crippen LogP contribution in [-0.4, -0.2) is 31.3 Å². The van der Waals surface area contributed by atoms with Crippen molar-refractivity contribution in [3.63, 3.8) is 0 Å². The van der Waals surface area contributed by atoms with Gasteiger partial charge in [0.15, 0.2) is 5.65 Å². The maximum absolute atomic E-state index is 5.55. The van der Waals surface area contributed by atoms with Crippen molar-refractivity contribution in [1.82, 2.24) is 24.1 Å². The van der Waals surface area contributed by atoms with Crippen molar-refractivity contribution in [2.45, 2.75) is 20.8 Å². The number of pyridine rings is 1. The summed E-state index contributed by atoms with van der Waals surface area (Å²) in [4.78, 5) is 8.82. The molecule has 26 heavy (non-hydrogen) atoms. The Balaban J connectivity index is 1.67. The summed E-state index contributed by atoms with van der Waals surface area (Å²) in [5.41, 5.74) is 5.76. The SMILES string of the molecule is COc1cc(Nc2nc3cc(C)cc(C)n3n2)ccc1-n1cnc(C)c1. The Morgan fingerprint density at radius 3 is 2.65 bits per heavy atom. The molecular weight excluding hydrogens is 328 g/mol. The summed E-state index contributed by atoms with van der Waals surface area (Å²) in [6.45, 7) is 6.03. The molecule has 0 aliphatic heterocycles. The van der Waals surface area contributed by atoms with E-state index in [0.717, 1.165) is 39.7 Å². The highest BCUT2D eigenvalue weighted by atomic mass is 16.5. The number of fused-ring (bicyclic) bond motifs is 1. The first-order valence-corrected chi connectivity index (χ1v) is 8.33. The number of benzene rings is 1. The second kappa shape index (κ2) is 6.18. The minimum absolute atomic E-state index is 0.548. The predicted molar refractivity (Wildman–Crippen MR) is 101 cm³/mol. The molecular formula is C19H20N6O. The molecule has 3 aromatic heterocycles. The van der Waals surface area contributed by atoms with Crippen molar-refractivity contribution in [3.05, 3.63) is 59.8 Å². The summed E-state index contributed by atoms with van der Waals surface area (Å²) >= 11 is 0. The highest BCUT2D eigenvalue weighted by molar-refractivity contribution is 5.63. The molecule has 0 spiro atoms. The van der Waals surface area contributed by atoms with Gasteiger partial charge >= 0.3 is 0 Å². The molecule has 0 unspecified atom stereocenters. The summed E-state index contributed by atoms with van der Waals surface area (Å²) < 4.78 is 9.31. The highest BCUT2D eigenvalue weighted by Gasteiger charge is 2.10. The van der Waals surface area contributed by atoms with Gasteiger partial charge in [-0.25, -0.2) is 9.50 Å². The molecule has 1 aromatic carbocycles. The Labute approximate surface area is 151 Å². The van der Waals surface area contributed by atoms with Crippen LogP contribution in [-0.2, 0) is 0 Å². The van der Waals surface area contributed by atoms with Gasteiger partial charge in [-0.1, -0.05) is 0 Å². The van der Waals surface area contributed by atoms with E-state index in [1.165, 1.54) is 0 Å². The van der Waals surface area contributed by atoms with Gasteiger partial charge in [-0.05, 0) is 50.6 Å². The molecule has 0 saturated carbocycles. The van der Waals surface area contributed by atoms with Crippen LogP contribution in [0.1, 0.15) is 17.0 Å². The molecule has 0 saturated heterocycles. The number of hydrogen-bond donors (Lipinski definition) is 1. The standard InChI is InChI=1S/C19H20N6O/c1-12-7-14(3)25-18(8-12)22-19(23-25)21-15-5-6-16(17(9-15)26-4)24-10-13(2)20-11-24/h5-11H,1-4H3,(H,21,23). The third-order valence-electron chi connectivity index (χ3n) is 4.19. The molecule has 0 radical (unpaired) electrons. The molecule has 0 atom stereocenters. The van der Waals surface area contributed by atoms with E-state index in [0.29, 0.717) is 5.95 Å². The number of anilines is 2. The first-order valence-electron chi connectivity index (χ1n) is 8.33. The summed E-state index contributed by atoms with van der Waals surface area (Å²) in [5, 5.41) is 7.78. The van der Waals surface area contributed by atoms with Crippen LogP contribution in [0.5, 0.6) is 5.75 Å². The second-order valence-corrected chi connectivity index (χ2v) is 6.31. The van der Waals surface area contributed by atoms with Crippen LogP contribution >= 0.6 is 0 Å². The van der Waals surface area contributed by atoms with Crippen LogP contribution in [0.4, 0.5) is 11.6 Å². The van der Waals surface area contributed by atoms with E-state index in [1.54, 1.807) is 13.4 Å². The fourth-order valence-electron chi connectivity index (χ4n) is 3.02. The maximum atomic E-state index is 5.55. The van der Waals surface area contributed by atoms with E-state index in [9.17, 15) is 0 Å². The van der Waals surface area contributed by atoms with Crippen molar-refractivity contribution < 1.29 is 4.74 Å². The number of methoxy groups -OCH3 is 1. The largest absolute Gasteiger partial charge is 0.494 e. The molecule has 4 rings (SSSR count). The number of nitrogens with zero attached hydrogens (tertiary/aromatic N) is 5. The normalized spacial score (nSPS) is 11.1. The number of imidazole rings is 1. The van der Waals surface area contributed by atoms with Gasteiger partial charge in [-0.2, -0.15) is 4.98 Å². The van der Waals surface area contributed by atoms with Gasteiger partial charge in [0.25, 0.3) is 0 Å². The molecule has 7 nitrogen and oxygen atoms in total. The Hall–Kier alpha value is -3.35. The van der Waals surface area contributed by atoms with E-state index >= 15 is 0 Å². The van der Waals surface area contributed by atoms with Crippen LogP contribution in [0, 0.1) is 20.8 Å². The van der Waals surface area contributed by atoms with E-state index in [4.69, 9.17) is 4.74 Å². The Morgan fingerprint density at radius 2 is 1.92 bits per heavy atom. The summed E-state index contributed by atoms with van der Waals surface area (Å²) in [6, 6.07) is 9.96. The molecule has 1 N–H and O–H groups in total. The Bertz CT molecular complexity index is 1090. The van der Waals surface area contributed by atoms with Crippen molar-refractivity contribution >= 4 is 17.3 Å². The molecule has 0 aliphatic rings. The minimum Gasteiger partial charge on any atom is -0.494 e. The lowest BCUT2D eigenvalue weighted by Crippen LogP contribution is -1.99. The second-order valence-electron chi connectivity index (χ2n) is 6.31. The molecule has 0 aliphatic carbocycles. The molecule has 132 valence electrons. The van der Waals surface area contributed by atoms with Crippen molar-refractivity contribution in [2.75, 3.05) is 12.4 Å².